The molecular weight excluding hydrogens is 490 g/mol. The molecule has 0 atom stereocenters. The molecule has 0 aliphatic heterocycles. The SMILES string of the molecule is Cc1ccc(CCN(CN(C)c2nc(NCCc3ccsc3)nc(N(C)C)n2)c2nc(N)nc(N)n2)[nH]1. The monoisotopic (exact) mass is 523 g/mol. The lowest BCUT2D eigenvalue weighted by molar-refractivity contribution is 0.714. The van der Waals surface area contributed by atoms with Crippen molar-refractivity contribution in [1.82, 2.24) is 34.9 Å². The summed E-state index contributed by atoms with van der Waals surface area (Å²) >= 11 is 1.69. The Morgan fingerprint density at radius 1 is 0.892 bits per heavy atom. The van der Waals surface area contributed by atoms with Gasteiger partial charge in [0.2, 0.25) is 35.7 Å². The van der Waals surface area contributed by atoms with E-state index in [-0.39, 0.29) is 11.9 Å². The van der Waals surface area contributed by atoms with Crippen molar-refractivity contribution in [3.05, 3.63) is 45.9 Å². The van der Waals surface area contributed by atoms with Crippen molar-refractivity contribution in [2.75, 3.05) is 72.4 Å². The first kappa shape index (κ1) is 25.9. The molecule has 0 saturated heterocycles. The highest BCUT2D eigenvalue weighted by Gasteiger charge is 2.18. The number of nitrogens with zero attached hydrogens (tertiary/aromatic N) is 9. The van der Waals surface area contributed by atoms with Crippen LogP contribution >= 0.6 is 11.3 Å². The quantitative estimate of drug-likeness (QED) is 0.199. The number of hydrogen-bond donors (Lipinski definition) is 4. The van der Waals surface area contributed by atoms with E-state index in [1.54, 1.807) is 11.3 Å². The molecule has 0 fully saturated rings. The Morgan fingerprint density at radius 2 is 1.65 bits per heavy atom. The van der Waals surface area contributed by atoms with Crippen LogP contribution in [0, 0.1) is 6.92 Å². The lowest BCUT2D eigenvalue weighted by Gasteiger charge is -2.28. The Labute approximate surface area is 220 Å². The fourth-order valence-electron chi connectivity index (χ4n) is 3.61. The Kier molecular flexibility index (Phi) is 8.18. The summed E-state index contributed by atoms with van der Waals surface area (Å²) in [7, 11) is 5.70. The number of anilines is 6. The van der Waals surface area contributed by atoms with E-state index in [0.717, 1.165) is 24.2 Å². The zero-order valence-electron chi connectivity index (χ0n) is 21.5. The zero-order valence-corrected chi connectivity index (χ0v) is 22.3. The van der Waals surface area contributed by atoms with E-state index < -0.39 is 0 Å². The molecule has 4 rings (SSSR count). The van der Waals surface area contributed by atoms with Crippen LogP contribution in [0.4, 0.5) is 35.7 Å². The normalized spacial score (nSPS) is 10.9. The Balaban J connectivity index is 1.53. The van der Waals surface area contributed by atoms with Crippen molar-refractivity contribution in [3.63, 3.8) is 0 Å². The largest absolute Gasteiger partial charge is 0.368 e. The van der Waals surface area contributed by atoms with Gasteiger partial charge in [-0.1, -0.05) is 0 Å². The molecule has 4 heterocycles. The second kappa shape index (κ2) is 11.7. The van der Waals surface area contributed by atoms with E-state index >= 15 is 0 Å². The molecule has 14 heteroatoms. The molecule has 0 saturated carbocycles. The first-order valence-corrected chi connectivity index (χ1v) is 12.8. The molecule has 4 aromatic heterocycles. The predicted molar refractivity (Wildman–Crippen MR) is 149 cm³/mol. The lowest BCUT2D eigenvalue weighted by Crippen LogP contribution is -2.39. The number of nitrogens with two attached hydrogens (primary N) is 2. The Bertz CT molecular complexity index is 1270. The van der Waals surface area contributed by atoms with E-state index in [9.17, 15) is 0 Å². The van der Waals surface area contributed by atoms with E-state index in [1.165, 1.54) is 5.56 Å². The molecule has 13 nitrogen and oxygen atoms in total. The molecule has 0 aromatic carbocycles. The van der Waals surface area contributed by atoms with Crippen molar-refractivity contribution in [2.24, 2.45) is 0 Å². The summed E-state index contributed by atoms with van der Waals surface area (Å²) in [6, 6.07) is 6.23. The number of thiophene rings is 1. The molecule has 6 N–H and O–H groups in total. The van der Waals surface area contributed by atoms with Gasteiger partial charge in [0.15, 0.2) is 0 Å². The molecule has 196 valence electrons. The molecule has 0 aliphatic carbocycles. The van der Waals surface area contributed by atoms with Crippen molar-refractivity contribution >= 4 is 47.0 Å². The highest BCUT2D eigenvalue weighted by Crippen LogP contribution is 2.18. The van der Waals surface area contributed by atoms with Gasteiger partial charge in [-0.3, -0.25) is 0 Å². The van der Waals surface area contributed by atoms with E-state index in [4.69, 9.17) is 11.5 Å². The number of hydrogen-bond acceptors (Lipinski definition) is 13. The second-order valence-corrected chi connectivity index (χ2v) is 9.61. The average Bonchev–Trinajstić information content (AvgIpc) is 3.52. The van der Waals surface area contributed by atoms with Crippen LogP contribution in [-0.2, 0) is 12.8 Å². The van der Waals surface area contributed by atoms with Gasteiger partial charge in [-0.2, -0.15) is 41.2 Å². The molecule has 0 aliphatic rings. The third kappa shape index (κ3) is 7.16. The van der Waals surface area contributed by atoms with Crippen molar-refractivity contribution in [1.29, 1.82) is 0 Å². The van der Waals surface area contributed by atoms with Gasteiger partial charge >= 0.3 is 0 Å². The highest BCUT2D eigenvalue weighted by atomic mass is 32.1. The fraction of sp³-hybridized carbons (Fsp3) is 0.391. The van der Waals surface area contributed by atoms with Crippen LogP contribution in [0.25, 0.3) is 0 Å². The van der Waals surface area contributed by atoms with Gasteiger partial charge in [-0.05, 0) is 47.9 Å². The molecule has 0 unspecified atom stereocenters. The maximum Gasteiger partial charge on any atom is 0.233 e. The maximum atomic E-state index is 5.87. The smallest absolute Gasteiger partial charge is 0.233 e. The van der Waals surface area contributed by atoms with Crippen LogP contribution < -0.4 is 31.5 Å². The molecule has 0 spiro atoms. The topological polar surface area (TPSA) is 167 Å². The van der Waals surface area contributed by atoms with Crippen LogP contribution in [0.5, 0.6) is 0 Å². The van der Waals surface area contributed by atoms with E-state index in [2.05, 4.69) is 63.1 Å². The number of aromatic nitrogens is 7. The fourth-order valence-corrected chi connectivity index (χ4v) is 4.32. The van der Waals surface area contributed by atoms with Crippen LogP contribution in [0.3, 0.4) is 0 Å². The molecule has 37 heavy (non-hydrogen) atoms. The molecule has 0 amide bonds. The van der Waals surface area contributed by atoms with Gasteiger partial charge in [0.25, 0.3) is 0 Å². The average molecular weight is 524 g/mol. The van der Waals surface area contributed by atoms with Gasteiger partial charge in [-0.25, -0.2) is 0 Å². The van der Waals surface area contributed by atoms with Gasteiger partial charge in [0.05, 0.1) is 6.67 Å². The number of nitrogen functional groups attached to an aromatic ring is 2. The summed E-state index contributed by atoms with van der Waals surface area (Å²) in [5.41, 5.74) is 15.2. The molecule has 0 radical (unpaired) electrons. The van der Waals surface area contributed by atoms with E-state index in [0.29, 0.717) is 43.6 Å². The van der Waals surface area contributed by atoms with E-state index in [1.807, 2.05) is 48.8 Å². The highest BCUT2D eigenvalue weighted by molar-refractivity contribution is 7.07. The first-order valence-electron chi connectivity index (χ1n) is 11.8. The van der Waals surface area contributed by atoms with Gasteiger partial charge in [-0.15, -0.1) is 0 Å². The Morgan fingerprint density at radius 3 is 2.30 bits per heavy atom. The summed E-state index contributed by atoms with van der Waals surface area (Å²) in [5, 5.41) is 7.55. The van der Waals surface area contributed by atoms with Gasteiger partial charge in [0, 0.05) is 52.0 Å². The van der Waals surface area contributed by atoms with Crippen LogP contribution in [-0.4, -0.2) is 75.8 Å². The zero-order chi connectivity index (χ0) is 26.4. The molecular formula is C23H33N13S. The van der Waals surface area contributed by atoms with Crippen LogP contribution in [0.2, 0.25) is 0 Å². The molecule has 4 aromatic rings. The third-order valence-corrected chi connectivity index (χ3v) is 6.23. The summed E-state index contributed by atoms with van der Waals surface area (Å²) < 4.78 is 0. The number of aromatic amines is 1. The second-order valence-electron chi connectivity index (χ2n) is 8.83. The maximum absolute atomic E-state index is 5.87. The number of rotatable bonds is 12. The number of aryl methyl sites for hydroxylation is 1. The summed E-state index contributed by atoms with van der Waals surface area (Å²) in [6.45, 7) is 3.72. The lowest BCUT2D eigenvalue weighted by atomic mass is 10.2. The predicted octanol–water partition coefficient (Wildman–Crippen LogP) is 1.78. The minimum atomic E-state index is 0.0676. The van der Waals surface area contributed by atoms with Crippen molar-refractivity contribution in [2.45, 2.75) is 19.8 Å². The summed E-state index contributed by atoms with van der Waals surface area (Å²) in [6.07, 6.45) is 1.62. The number of nitrogens with one attached hydrogen (secondary N) is 2. The van der Waals surface area contributed by atoms with Crippen molar-refractivity contribution < 1.29 is 0 Å². The van der Waals surface area contributed by atoms with Gasteiger partial charge < -0.3 is 36.5 Å². The third-order valence-electron chi connectivity index (χ3n) is 5.50. The molecule has 0 bridgehead atoms. The standard InChI is InChI=1S/C23H33N13S/c1-15-5-6-17(27-15)8-11-36(23-29-18(24)28-19(25)30-23)14-35(4)22-32-20(31-21(33-22)34(2)3)26-10-7-16-9-12-37-13-16/h5-6,9,12-13,27H,7-8,10-11,14H2,1-4H3,(H,26,31,32,33)(H4,24,25,28,29,30). The number of H-pyrrole nitrogens is 1. The summed E-state index contributed by atoms with van der Waals surface area (Å²) in [5.74, 6) is 2.09. The van der Waals surface area contributed by atoms with Crippen molar-refractivity contribution in [3.8, 4) is 0 Å². The Hall–Kier alpha value is -4.20. The van der Waals surface area contributed by atoms with Crippen LogP contribution in [0.1, 0.15) is 17.0 Å². The minimum absolute atomic E-state index is 0.0676. The minimum Gasteiger partial charge on any atom is -0.368 e. The first-order chi connectivity index (χ1) is 17.8. The van der Waals surface area contributed by atoms with Crippen LogP contribution in [0.15, 0.2) is 29.0 Å². The van der Waals surface area contributed by atoms with Gasteiger partial charge in [0.1, 0.15) is 0 Å². The summed E-state index contributed by atoms with van der Waals surface area (Å²) in [4.78, 5) is 35.5.